The summed E-state index contributed by atoms with van der Waals surface area (Å²) in [4.78, 5) is 33.8. The van der Waals surface area contributed by atoms with Gasteiger partial charge >= 0.3 is 6.09 Å². The van der Waals surface area contributed by atoms with Crippen molar-refractivity contribution in [2.45, 2.75) is 65.0 Å². The van der Waals surface area contributed by atoms with Crippen molar-refractivity contribution in [2.75, 3.05) is 20.1 Å². The van der Waals surface area contributed by atoms with Crippen LogP contribution in [0.4, 0.5) is 9.18 Å². The number of nitrogens with zero attached hydrogens (tertiary/aromatic N) is 4. The maximum Gasteiger partial charge on any atom is 0.410 e. The number of halogens is 1. The molecule has 3 aromatic rings. The maximum absolute atomic E-state index is 14.3. The Hall–Kier alpha value is -3.42. The van der Waals surface area contributed by atoms with Crippen LogP contribution in [0, 0.1) is 17.7 Å². The van der Waals surface area contributed by atoms with Crippen LogP contribution < -0.4 is 0 Å². The van der Waals surface area contributed by atoms with E-state index in [1.165, 1.54) is 17.7 Å². The molecule has 1 aromatic carbocycles. The lowest BCUT2D eigenvalue weighted by molar-refractivity contribution is 0.0279. The number of benzene rings is 1. The van der Waals surface area contributed by atoms with Gasteiger partial charge in [0.15, 0.2) is 0 Å². The van der Waals surface area contributed by atoms with Gasteiger partial charge in [0, 0.05) is 44.0 Å². The topological polar surface area (TPSA) is 67.7 Å². The van der Waals surface area contributed by atoms with Crippen LogP contribution in [0.15, 0.2) is 42.9 Å². The van der Waals surface area contributed by atoms with Crippen molar-refractivity contribution in [2.24, 2.45) is 11.8 Å². The first-order valence-electron chi connectivity index (χ1n) is 13.4. The number of hydrogen-bond donors (Lipinski definition) is 0. The van der Waals surface area contributed by atoms with E-state index in [4.69, 9.17) is 4.74 Å². The normalized spacial score (nSPS) is 21.3. The number of carbonyl (C=O) groups is 2. The molecule has 2 amide bonds. The molecule has 2 aliphatic rings. The highest BCUT2D eigenvalue weighted by Crippen LogP contribution is 2.48. The summed E-state index contributed by atoms with van der Waals surface area (Å²) in [6.45, 7) is 11.0. The molecule has 38 heavy (non-hydrogen) atoms. The number of rotatable bonds is 4. The van der Waals surface area contributed by atoms with Crippen LogP contribution in [-0.4, -0.2) is 63.1 Å². The second-order valence-electron chi connectivity index (χ2n) is 12.1. The van der Waals surface area contributed by atoms with Crippen LogP contribution in [0.2, 0.25) is 0 Å². The fraction of sp³-hybridized carbons (Fsp3) is 0.500. The molecule has 0 spiro atoms. The summed E-state index contributed by atoms with van der Waals surface area (Å²) in [6.07, 6.45) is 7.43. The third-order valence-electron chi connectivity index (χ3n) is 8.02. The SMILES string of the molecule is CC(C)N(C)C(=O)c1cc(F)ccc1-n1cc(C2CC3CN(C(=O)OC(C)(C)C)CC3C2)c2ccncc21. The first-order valence-corrected chi connectivity index (χ1v) is 13.4. The van der Waals surface area contributed by atoms with Gasteiger partial charge in [-0.05, 0) is 95.0 Å². The Morgan fingerprint density at radius 2 is 1.82 bits per heavy atom. The summed E-state index contributed by atoms with van der Waals surface area (Å²) in [7, 11) is 1.74. The molecule has 5 rings (SSSR count). The van der Waals surface area contributed by atoms with Gasteiger partial charge in [0.05, 0.1) is 23.0 Å². The van der Waals surface area contributed by atoms with Gasteiger partial charge < -0.3 is 19.1 Å². The summed E-state index contributed by atoms with van der Waals surface area (Å²) in [5.74, 6) is 0.516. The van der Waals surface area contributed by atoms with Crippen LogP contribution in [0.3, 0.4) is 0 Å². The molecule has 7 nitrogen and oxygen atoms in total. The average molecular weight is 521 g/mol. The molecule has 1 aliphatic heterocycles. The van der Waals surface area contributed by atoms with E-state index in [1.54, 1.807) is 24.2 Å². The number of ether oxygens (including phenoxy) is 1. The summed E-state index contributed by atoms with van der Waals surface area (Å²) in [6, 6.07) is 6.40. The number of fused-ring (bicyclic) bond motifs is 2. The van der Waals surface area contributed by atoms with Crippen molar-refractivity contribution in [1.82, 2.24) is 19.4 Å². The molecule has 2 aromatic heterocycles. The Morgan fingerprint density at radius 1 is 1.13 bits per heavy atom. The second kappa shape index (κ2) is 9.71. The number of aromatic nitrogens is 2. The molecule has 0 N–H and O–H groups in total. The number of pyridine rings is 1. The molecular weight excluding hydrogens is 483 g/mol. The molecule has 2 atom stereocenters. The second-order valence-corrected chi connectivity index (χ2v) is 12.1. The van der Waals surface area contributed by atoms with Crippen LogP contribution in [0.25, 0.3) is 16.6 Å². The number of likely N-dealkylation sites (tertiary alicyclic amines) is 1. The van der Waals surface area contributed by atoms with E-state index < -0.39 is 11.4 Å². The third kappa shape index (κ3) is 4.88. The standard InChI is InChI=1S/C30H37FN4O3/c1-18(2)33(6)28(36)24-13-22(31)7-8-26(24)35-17-25(23-9-10-32-14-27(23)35)19-11-20-15-34(16-21(20)12-19)29(37)38-30(3,4)5/h7-10,13-14,17-21H,11-12,15-16H2,1-6H3. The molecule has 1 saturated carbocycles. The molecule has 1 saturated heterocycles. The molecule has 2 unspecified atom stereocenters. The largest absolute Gasteiger partial charge is 0.444 e. The van der Waals surface area contributed by atoms with E-state index in [0.717, 1.165) is 23.7 Å². The van der Waals surface area contributed by atoms with Gasteiger partial charge in [0.2, 0.25) is 0 Å². The van der Waals surface area contributed by atoms with Crippen molar-refractivity contribution in [3.05, 3.63) is 59.8 Å². The first kappa shape index (κ1) is 26.2. The third-order valence-corrected chi connectivity index (χ3v) is 8.02. The Kier molecular flexibility index (Phi) is 6.70. The Balaban J connectivity index is 1.45. The minimum absolute atomic E-state index is 0.0182. The van der Waals surface area contributed by atoms with Gasteiger partial charge in [0.1, 0.15) is 11.4 Å². The molecular formula is C30H37FN4O3. The summed E-state index contributed by atoms with van der Waals surface area (Å²) < 4.78 is 21.9. The van der Waals surface area contributed by atoms with E-state index in [-0.39, 0.29) is 18.0 Å². The Labute approximate surface area is 223 Å². The minimum atomic E-state index is -0.502. The molecule has 8 heteroatoms. The Morgan fingerprint density at radius 3 is 2.45 bits per heavy atom. The summed E-state index contributed by atoms with van der Waals surface area (Å²) in [5, 5.41) is 1.09. The smallest absolute Gasteiger partial charge is 0.410 e. The van der Waals surface area contributed by atoms with Gasteiger partial charge in [-0.3, -0.25) is 9.78 Å². The fourth-order valence-corrected chi connectivity index (χ4v) is 5.97. The van der Waals surface area contributed by atoms with E-state index in [9.17, 15) is 14.0 Å². The average Bonchev–Trinajstić information content (AvgIpc) is 3.53. The van der Waals surface area contributed by atoms with E-state index in [0.29, 0.717) is 42.1 Å². The highest BCUT2D eigenvalue weighted by molar-refractivity contribution is 5.99. The van der Waals surface area contributed by atoms with Gasteiger partial charge in [-0.25, -0.2) is 9.18 Å². The molecule has 2 fully saturated rings. The molecule has 3 heterocycles. The zero-order valence-corrected chi connectivity index (χ0v) is 23.1. The summed E-state index contributed by atoms with van der Waals surface area (Å²) >= 11 is 0. The van der Waals surface area contributed by atoms with Crippen LogP contribution in [0.1, 0.15) is 69.3 Å². The maximum atomic E-state index is 14.3. The van der Waals surface area contributed by atoms with Crippen LogP contribution in [-0.2, 0) is 4.74 Å². The molecule has 0 radical (unpaired) electrons. The first-order chi connectivity index (χ1) is 17.9. The van der Waals surface area contributed by atoms with E-state index >= 15 is 0 Å². The van der Waals surface area contributed by atoms with Crippen LogP contribution >= 0.6 is 0 Å². The van der Waals surface area contributed by atoms with Gasteiger partial charge in [0.25, 0.3) is 5.91 Å². The van der Waals surface area contributed by atoms with Gasteiger partial charge in [-0.1, -0.05) is 0 Å². The van der Waals surface area contributed by atoms with Crippen molar-refractivity contribution in [3.8, 4) is 5.69 Å². The lowest BCUT2D eigenvalue weighted by Crippen LogP contribution is -2.36. The Bertz CT molecular complexity index is 1360. The van der Waals surface area contributed by atoms with Crippen molar-refractivity contribution in [1.29, 1.82) is 0 Å². The monoisotopic (exact) mass is 520 g/mol. The zero-order valence-electron chi connectivity index (χ0n) is 23.1. The lowest BCUT2D eigenvalue weighted by atomic mass is 9.96. The van der Waals surface area contributed by atoms with Crippen LogP contribution in [0.5, 0.6) is 0 Å². The lowest BCUT2D eigenvalue weighted by Gasteiger charge is -2.25. The highest BCUT2D eigenvalue weighted by atomic mass is 19.1. The van der Waals surface area contributed by atoms with Crippen molar-refractivity contribution >= 4 is 22.9 Å². The molecule has 202 valence electrons. The fourth-order valence-electron chi connectivity index (χ4n) is 5.97. The van der Waals surface area contributed by atoms with E-state index in [1.807, 2.05) is 56.3 Å². The predicted molar refractivity (Wildman–Crippen MR) is 145 cm³/mol. The van der Waals surface area contributed by atoms with Gasteiger partial charge in [-0.15, -0.1) is 0 Å². The van der Waals surface area contributed by atoms with E-state index in [2.05, 4.69) is 11.2 Å². The van der Waals surface area contributed by atoms with Gasteiger partial charge in [-0.2, -0.15) is 0 Å². The number of amides is 2. The summed E-state index contributed by atoms with van der Waals surface area (Å²) in [5.41, 5.74) is 2.56. The van der Waals surface area contributed by atoms with Crippen molar-refractivity contribution < 1.29 is 18.7 Å². The van der Waals surface area contributed by atoms with Crippen molar-refractivity contribution in [3.63, 3.8) is 0 Å². The number of carbonyl (C=O) groups excluding carboxylic acids is 2. The quantitative estimate of drug-likeness (QED) is 0.423. The number of hydrogen-bond acceptors (Lipinski definition) is 4. The predicted octanol–water partition coefficient (Wildman–Crippen LogP) is 6.01. The molecule has 1 aliphatic carbocycles. The zero-order chi connectivity index (χ0) is 27.4. The minimum Gasteiger partial charge on any atom is -0.444 e. The molecule has 0 bridgehead atoms. The highest BCUT2D eigenvalue weighted by Gasteiger charge is 2.44.